The van der Waals surface area contributed by atoms with E-state index in [0.717, 1.165) is 24.0 Å². The summed E-state index contributed by atoms with van der Waals surface area (Å²) in [6.45, 7) is 4.86. The van der Waals surface area contributed by atoms with Gasteiger partial charge in [0.2, 0.25) is 11.8 Å². The fraction of sp³-hybridized carbons (Fsp3) is 0.304. The average Bonchev–Trinajstić information content (AvgIpc) is 3.54. The number of amides is 2. The van der Waals surface area contributed by atoms with Crippen molar-refractivity contribution in [2.75, 3.05) is 18.7 Å². The van der Waals surface area contributed by atoms with Gasteiger partial charge < -0.3 is 19.7 Å². The van der Waals surface area contributed by atoms with Gasteiger partial charge in [-0.1, -0.05) is 17.4 Å². The SMILES string of the molecule is Cc1ccc(C(=O)N2CCC[C@@H]2c2nnc(C(=O)Nc3ccc4c(c3)OCO4)s2)cc1C. The molecule has 9 heteroatoms. The quantitative estimate of drug-likeness (QED) is 0.643. The maximum absolute atomic E-state index is 13.2. The second kappa shape index (κ2) is 8.23. The van der Waals surface area contributed by atoms with Gasteiger partial charge in [0.1, 0.15) is 5.01 Å². The summed E-state index contributed by atoms with van der Waals surface area (Å²) in [5, 5.41) is 12.1. The lowest BCUT2D eigenvalue weighted by Crippen LogP contribution is -2.30. The molecule has 0 saturated carbocycles. The summed E-state index contributed by atoms with van der Waals surface area (Å²) in [7, 11) is 0. The fourth-order valence-electron chi connectivity index (χ4n) is 3.93. The molecule has 2 aliphatic rings. The summed E-state index contributed by atoms with van der Waals surface area (Å²) < 4.78 is 10.6. The van der Waals surface area contributed by atoms with E-state index in [2.05, 4.69) is 15.5 Å². The summed E-state index contributed by atoms with van der Waals surface area (Å²) in [5.41, 5.74) is 3.50. The highest BCUT2D eigenvalue weighted by molar-refractivity contribution is 7.13. The van der Waals surface area contributed by atoms with Crippen molar-refractivity contribution < 1.29 is 19.1 Å². The zero-order valence-electron chi connectivity index (χ0n) is 17.8. The predicted molar refractivity (Wildman–Crippen MR) is 119 cm³/mol. The first-order valence-corrected chi connectivity index (χ1v) is 11.2. The summed E-state index contributed by atoms with van der Waals surface area (Å²) in [6, 6.07) is 10.8. The molecule has 0 unspecified atom stereocenters. The fourth-order valence-corrected chi connectivity index (χ4v) is 4.81. The molecule has 2 amide bonds. The zero-order valence-corrected chi connectivity index (χ0v) is 18.6. The second-order valence-electron chi connectivity index (χ2n) is 7.92. The van der Waals surface area contributed by atoms with E-state index in [1.165, 1.54) is 11.3 Å². The molecule has 2 aliphatic heterocycles. The van der Waals surface area contributed by atoms with E-state index < -0.39 is 0 Å². The van der Waals surface area contributed by atoms with Crippen molar-refractivity contribution in [1.82, 2.24) is 15.1 Å². The molecule has 8 nitrogen and oxygen atoms in total. The highest BCUT2D eigenvalue weighted by Gasteiger charge is 2.33. The molecule has 0 spiro atoms. The Kier molecular flexibility index (Phi) is 5.26. The maximum Gasteiger partial charge on any atom is 0.286 e. The minimum atomic E-state index is -0.349. The Balaban J connectivity index is 1.31. The van der Waals surface area contributed by atoms with Gasteiger partial charge >= 0.3 is 0 Å². The van der Waals surface area contributed by atoms with Crippen molar-refractivity contribution in [3.8, 4) is 11.5 Å². The number of ether oxygens (including phenoxy) is 2. The lowest BCUT2D eigenvalue weighted by atomic mass is 10.1. The minimum Gasteiger partial charge on any atom is -0.454 e. The molecule has 3 heterocycles. The topological polar surface area (TPSA) is 93.7 Å². The van der Waals surface area contributed by atoms with Crippen LogP contribution >= 0.6 is 11.3 Å². The van der Waals surface area contributed by atoms with Gasteiger partial charge in [-0.2, -0.15) is 0 Å². The van der Waals surface area contributed by atoms with Crippen molar-refractivity contribution in [3.63, 3.8) is 0 Å². The number of carbonyl (C=O) groups excluding carboxylic acids is 2. The standard InChI is InChI=1S/C23H22N4O4S/c1-13-5-6-15(10-14(13)2)23(29)27-9-3-4-17(27)21-25-26-22(32-21)20(28)24-16-7-8-18-19(11-16)31-12-30-18/h5-8,10-11,17H,3-4,9,12H2,1-2H3,(H,24,28)/t17-/m1/s1. The Morgan fingerprint density at radius 1 is 1.06 bits per heavy atom. The average molecular weight is 451 g/mol. The molecule has 32 heavy (non-hydrogen) atoms. The van der Waals surface area contributed by atoms with Crippen LogP contribution in [0.15, 0.2) is 36.4 Å². The summed E-state index contributed by atoms with van der Waals surface area (Å²) in [6.07, 6.45) is 1.69. The third-order valence-corrected chi connectivity index (χ3v) is 6.84. The van der Waals surface area contributed by atoms with E-state index in [1.54, 1.807) is 18.2 Å². The monoisotopic (exact) mass is 450 g/mol. The molecule has 164 valence electrons. The van der Waals surface area contributed by atoms with E-state index in [-0.39, 0.29) is 29.7 Å². The molecule has 5 rings (SSSR count). The highest BCUT2D eigenvalue weighted by atomic mass is 32.1. The third-order valence-electron chi connectivity index (χ3n) is 5.82. The van der Waals surface area contributed by atoms with Crippen LogP contribution in [-0.4, -0.2) is 40.2 Å². The summed E-state index contributed by atoms with van der Waals surface area (Å²) >= 11 is 1.22. The molecule has 0 aliphatic carbocycles. The van der Waals surface area contributed by atoms with Crippen LogP contribution in [-0.2, 0) is 0 Å². The number of nitrogens with one attached hydrogen (secondary N) is 1. The van der Waals surface area contributed by atoms with Gasteiger partial charge in [-0.15, -0.1) is 10.2 Å². The van der Waals surface area contributed by atoms with Crippen molar-refractivity contribution in [2.45, 2.75) is 32.7 Å². The number of benzene rings is 2. The molecule has 1 N–H and O–H groups in total. The lowest BCUT2D eigenvalue weighted by Gasteiger charge is -2.23. The first-order chi connectivity index (χ1) is 15.5. The van der Waals surface area contributed by atoms with Crippen LogP contribution in [0.2, 0.25) is 0 Å². The Hall–Kier alpha value is -3.46. The Bertz CT molecular complexity index is 1210. The van der Waals surface area contributed by atoms with E-state index >= 15 is 0 Å². The third kappa shape index (κ3) is 3.80. The number of likely N-dealkylation sites (tertiary alicyclic amines) is 1. The van der Waals surface area contributed by atoms with Crippen LogP contribution in [0.3, 0.4) is 0 Å². The van der Waals surface area contributed by atoms with Crippen molar-refractivity contribution in [1.29, 1.82) is 0 Å². The first-order valence-electron chi connectivity index (χ1n) is 10.4. The number of nitrogens with zero attached hydrogens (tertiary/aromatic N) is 3. The van der Waals surface area contributed by atoms with Gasteiger partial charge in [-0.05, 0) is 62.1 Å². The maximum atomic E-state index is 13.2. The predicted octanol–water partition coefficient (Wildman–Crippen LogP) is 4.11. The van der Waals surface area contributed by atoms with Crippen molar-refractivity contribution in [2.24, 2.45) is 0 Å². The van der Waals surface area contributed by atoms with Crippen LogP contribution in [0.25, 0.3) is 0 Å². The number of hydrogen-bond acceptors (Lipinski definition) is 7. The number of anilines is 1. The Morgan fingerprint density at radius 3 is 2.75 bits per heavy atom. The van der Waals surface area contributed by atoms with E-state index in [0.29, 0.717) is 34.3 Å². The minimum absolute atomic E-state index is 0.0165. The van der Waals surface area contributed by atoms with E-state index in [9.17, 15) is 9.59 Å². The van der Waals surface area contributed by atoms with Crippen LogP contribution in [0.4, 0.5) is 5.69 Å². The van der Waals surface area contributed by atoms with Gasteiger partial charge in [-0.3, -0.25) is 9.59 Å². The van der Waals surface area contributed by atoms with E-state index in [4.69, 9.17) is 9.47 Å². The summed E-state index contributed by atoms with van der Waals surface area (Å²) in [5.74, 6) is 0.873. The van der Waals surface area contributed by atoms with Crippen molar-refractivity contribution >= 4 is 28.8 Å². The van der Waals surface area contributed by atoms with Crippen molar-refractivity contribution in [3.05, 3.63) is 63.1 Å². The highest BCUT2D eigenvalue weighted by Crippen LogP contribution is 2.36. The molecule has 1 atom stereocenters. The first kappa shape index (κ1) is 20.4. The molecule has 2 aromatic carbocycles. The van der Waals surface area contributed by atoms with Crippen LogP contribution < -0.4 is 14.8 Å². The number of aryl methyl sites for hydroxylation is 2. The smallest absolute Gasteiger partial charge is 0.286 e. The molecule has 1 fully saturated rings. The number of fused-ring (bicyclic) bond motifs is 1. The van der Waals surface area contributed by atoms with Crippen LogP contribution in [0.5, 0.6) is 11.5 Å². The normalized spacial score (nSPS) is 16.9. The van der Waals surface area contributed by atoms with Crippen LogP contribution in [0, 0.1) is 13.8 Å². The van der Waals surface area contributed by atoms with Gasteiger partial charge in [0, 0.05) is 23.9 Å². The summed E-state index contributed by atoms with van der Waals surface area (Å²) in [4.78, 5) is 27.7. The number of carbonyl (C=O) groups is 2. The molecule has 1 aromatic heterocycles. The number of rotatable bonds is 4. The van der Waals surface area contributed by atoms with Crippen LogP contribution in [0.1, 0.15) is 55.2 Å². The molecular formula is C23H22N4O4S. The lowest BCUT2D eigenvalue weighted by molar-refractivity contribution is 0.0734. The molecule has 1 saturated heterocycles. The zero-order chi connectivity index (χ0) is 22.2. The van der Waals surface area contributed by atoms with Gasteiger partial charge in [0.25, 0.3) is 11.8 Å². The number of aromatic nitrogens is 2. The largest absolute Gasteiger partial charge is 0.454 e. The van der Waals surface area contributed by atoms with Gasteiger partial charge in [0.05, 0.1) is 6.04 Å². The second-order valence-corrected chi connectivity index (χ2v) is 8.93. The molecule has 0 radical (unpaired) electrons. The number of hydrogen-bond donors (Lipinski definition) is 1. The van der Waals surface area contributed by atoms with Gasteiger partial charge in [-0.25, -0.2) is 0 Å². The molecule has 3 aromatic rings. The Labute approximate surface area is 189 Å². The Morgan fingerprint density at radius 2 is 1.91 bits per heavy atom. The van der Waals surface area contributed by atoms with Gasteiger partial charge in [0.15, 0.2) is 11.5 Å². The molecular weight excluding hydrogens is 428 g/mol. The molecule has 0 bridgehead atoms. The van der Waals surface area contributed by atoms with E-state index in [1.807, 2.05) is 36.9 Å².